The molecule has 0 unspecified atom stereocenters. The van der Waals surface area contributed by atoms with Crippen molar-refractivity contribution in [1.29, 1.82) is 0 Å². The number of anilines is 1. The van der Waals surface area contributed by atoms with E-state index in [1.165, 1.54) is 43.3 Å². The number of nitrogens with one attached hydrogen (secondary N) is 2. The van der Waals surface area contributed by atoms with Gasteiger partial charge in [0.1, 0.15) is 5.82 Å². The SMILES string of the molecule is Cc1cc(S(=O)(=O)Nc2ccc(C(=O)NCc3ncccc3C)cc2)ccc1F. The molecule has 3 aromatic rings. The van der Waals surface area contributed by atoms with E-state index in [4.69, 9.17) is 0 Å². The van der Waals surface area contributed by atoms with Gasteiger partial charge in [-0.15, -0.1) is 0 Å². The fraction of sp³-hybridized carbons (Fsp3) is 0.143. The van der Waals surface area contributed by atoms with Crippen molar-refractivity contribution in [3.8, 4) is 0 Å². The molecule has 0 aliphatic rings. The second-order valence-electron chi connectivity index (χ2n) is 6.54. The number of nitrogens with zero attached hydrogens (tertiary/aromatic N) is 1. The van der Waals surface area contributed by atoms with Crippen LogP contribution in [0, 0.1) is 19.7 Å². The Bertz CT molecular complexity index is 1150. The van der Waals surface area contributed by atoms with E-state index in [-0.39, 0.29) is 16.4 Å². The first-order valence-electron chi connectivity index (χ1n) is 8.84. The molecule has 29 heavy (non-hydrogen) atoms. The predicted octanol–water partition coefficient (Wildman–Crippen LogP) is 3.57. The lowest BCUT2D eigenvalue weighted by Gasteiger charge is -2.10. The lowest BCUT2D eigenvalue weighted by molar-refractivity contribution is 0.0950. The zero-order valence-electron chi connectivity index (χ0n) is 15.9. The molecule has 6 nitrogen and oxygen atoms in total. The summed E-state index contributed by atoms with van der Waals surface area (Å²) in [6.45, 7) is 3.70. The number of amides is 1. The molecule has 150 valence electrons. The van der Waals surface area contributed by atoms with Crippen molar-refractivity contribution < 1.29 is 17.6 Å². The number of carbonyl (C=O) groups is 1. The van der Waals surface area contributed by atoms with Crippen LogP contribution in [0.2, 0.25) is 0 Å². The zero-order chi connectivity index (χ0) is 21.0. The highest BCUT2D eigenvalue weighted by Crippen LogP contribution is 2.19. The molecule has 1 aromatic heterocycles. The van der Waals surface area contributed by atoms with Crippen molar-refractivity contribution in [1.82, 2.24) is 10.3 Å². The molecule has 0 aliphatic carbocycles. The number of hydrogen-bond donors (Lipinski definition) is 2. The van der Waals surface area contributed by atoms with Gasteiger partial charge in [-0.25, -0.2) is 12.8 Å². The molecule has 0 spiro atoms. The number of rotatable bonds is 6. The van der Waals surface area contributed by atoms with Crippen molar-refractivity contribution in [2.24, 2.45) is 0 Å². The van der Waals surface area contributed by atoms with Gasteiger partial charge in [0, 0.05) is 17.4 Å². The first-order valence-corrected chi connectivity index (χ1v) is 10.3. The summed E-state index contributed by atoms with van der Waals surface area (Å²) in [7, 11) is -3.86. The summed E-state index contributed by atoms with van der Waals surface area (Å²) in [5.41, 5.74) is 2.68. The van der Waals surface area contributed by atoms with Crippen molar-refractivity contribution in [2.75, 3.05) is 4.72 Å². The van der Waals surface area contributed by atoms with Crippen LogP contribution in [0.3, 0.4) is 0 Å². The van der Waals surface area contributed by atoms with Gasteiger partial charge in [0.2, 0.25) is 0 Å². The van der Waals surface area contributed by atoms with Gasteiger partial charge in [-0.3, -0.25) is 14.5 Å². The zero-order valence-corrected chi connectivity index (χ0v) is 16.8. The van der Waals surface area contributed by atoms with Crippen LogP contribution >= 0.6 is 0 Å². The first kappa shape index (κ1) is 20.5. The third kappa shape index (κ3) is 4.97. The second kappa shape index (κ2) is 8.40. The normalized spacial score (nSPS) is 11.1. The molecule has 0 atom stereocenters. The topological polar surface area (TPSA) is 88.2 Å². The highest BCUT2D eigenvalue weighted by molar-refractivity contribution is 7.92. The standard InChI is InChI=1S/C21H20FN3O3S/c1-14-4-3-11-23-20(14)13-24-21(26)16-5-7-17(8-6-16)25-29(27,28)18-9-10-19(22)15(2)12-18/h3-12,25H,13H2,1-2H3,(H,24,26). The van der Waals surface area contributed by atoms with Gasteiger partial charge in [-0.1, -0.05) is 6.07 Å². The van der Waals surface area contributed by atoms with E-state index in [2.05, 4.69) is 15.0 Å². The van der Waals surface area contributed by atoms with Gasteiger partial charge >= 0.3 is 0 Å². The molecule has 0 radical (unpaired) electrons. The van der Waals surface area contributed by atoms with Crippen LogP contribution in [-0.2, 0) is 16.6 Å². The molecule has 1 heterocycles. The van der Waals surface area contributed by atoms with Gasteiger partial charge in [-0.2, -0.15) is 0 Å². The Morgan fingerprint density at radius 3 is 2.41 bits per heavy atom. The summed E-state index contributed by atoms with van der Waals surface area (Å²) in [5.74, 6) is -0.765. The molecular formula is C21H20FN3O3S. The van der Waals surface area contributed by atoms with Crippen molar-refractivity contribution in [3.05, 3.63) is 89.0 Å². The van der Waals surface area contributed by atoms with E-state index in [0.717, 1.165) is 17.3 Å². The Labute approximate surface area is 168 Å². The number of halogens is 1. The van der Waals surface area contributed by atoms with Gasteiger partial charge in [-0.05, 0) is 73.5 Å². The minimum absolute atomic E-state index is 0.0380. The minimum atomic E-state index is -3.86. The van der Waals surface area contributed by atoms with E-state index in [9.17, 15) is 17.6 Å². The predicted molar refractivity (Wildman–Crippen MR) is 109 cm³/mol. The van der Waals surface area contributed by atoms with Crippen LogP contribution in [-0.4, -0.2) is 19.3 Å². The van der Waals surface area contributed by atoms with Crippen LogP contribution in [0.15, 0.2) is 65.7 Å². The molecule has 1 amide bonds. The van der Waals surface area contributed by atoms with E-state index in [1.807, 2.05) is 19.1 Å². The van der Waals surface area contributed by atoms with E-state index >= 15 is 0 Å². The molecule has 2 aromatic carbocycles. The van der Waals surface area contributed by atoms with Gasteiger partial charge in [0.25, 0.3) is 15.9 Å². The van der Waals surface area contributed by atoms with Crippen LogP contribution in [0.4, 0.5) is 10.1 Å². The monoisotopic (exact) mass is 413 g/mol. The maximum atomic E-state index is 13.4. The van der Waals surface area contributed by atoms with Crippen molar-refractivity contribution in [2.45, 2.75) is 25.3 Å². The fourth-order valence-corrected chi connectivity index (χ4v) is 3.80. The molecule has 0 bridgehead atoms. The summed E-state index contributed by atoms with van der Waals surface area (Å²) in [6.07, 6.45) is 1.66. The largest absolute Gasteiger partial charge is 0.346 e. The fourth-order valence-electron chi connectivity index (χ4n) is 2.66. The summed E-state index contributed by atoms with van der Waals surface area (Å²) in [6, 6.07) is 13.4. The van der Waals surface area contributed by atoms with Crippen molar-refractivity contribution in [3.63, 3.8) is 0 Å². The van der Waals surface area contributed by atoms with Gasteiger partial charge in [0.05, 0.1) is 17.1 Å². The number of carbonyl (C=O) groups excluding carboxylic acids is 1. The third-order valence-electron chi connectivity index (χ3n) is 4.37. The van der Waals surface area contributed by atoms with Crippen LogP contribution in [0.5, 0.6) is 0 Å². The van der Waals surface area contributed by atoms with Crippen molar-refractivity contribution >= 4 is 21.6 Å². The average Bonchev–Trinajstić information content (AvgIpc) is 2.69. The molecule has 3 rings (SSSR count). The van der Waals surface area contributed by atoms with E-state index in [0.29, 0.717) is 17.8 Å². The molecular weight excluding hydrogens is 393 g/mol. The second-order valence-corrected chi connectivity index (χ2v) is 8.23. The van der Waals surface area contributed by atoms with Crippen LogP contribution < -0.4 is 10.0 Å². The Hall–Kier alpha value is -3.26. The van der Waals surface area contributed by atoms with Crippen LogP contribution in [0.25, 0.3) is 0 Å². The van der Waals surface area contributed by atoms with Crippen LogP contribution in [0.1, 0.15) is 27.2 Å². The highest BCUT2D eigenvalue weighted by Gasteiger charge is 2.16. The maximum Gasteiger partial charge on any atom is 0.261 e. The Morgan fingerprint density at radius 1 is 1.03 bits per heavy atom. The third-order valence-corrected chi connectivity index (χ3v) is 5.75. The first-order chi connectivity index (χ1) is 13.8. The number of hydrogen-bond acceptors (Lipinski definition) is 4. The highest BCUT2D eigenvalue weighted by atomic mass is 32.2. The molecule has 0 fully saturated rings. The lowest BCUT2D eigenvalue weighted by Crippen LogP contribution is -2.23. The summed E-state index contributed by atoms with van der Waals surface area (Å²) in [5, 5.41) is 2.79. The number of aryl methyl sites for hydroxylation is 2. The molecule has 0 aliphatic heterocycles. The van der Waals surface area contributed by atoms with E-state index in [1.54, 1.807) is 6.20 Å². The molecule has 0 saturated carbocycles. The Morgan fingerprint density at radius 2 is 1.76 bits per heavy atom. The molecule has 8 heteroatoms. The number of aromatic nitrogens is 1. The van der Waals surface area contributed by atoms with E-state index < -0.39 is 15.8 Å². The summed E-state index contributed by atoms with van der Waals surface area (Å²) < 4.78 is 40.7. The quantitative estimate of drug-likeness (QED) is 0.647. The minimum Gasteiger partial charge on any atom is -0.346 e. The Kier molecular flexibility index (Phi) is 5.93. The molecule has 0 saturated heterocycles. The average molecular weight is 413 g/mol. The lowest BCUT2D eigenvalue weighted by atomic mass is 10.2. The Balaban J connectivity index is 1.67. The van der Waals surface area contributed by atoms with Gasteiger partial charge < -0.3 is 5.32 Å². The van der Waals surface area contributed by atoms with Gasteiger partial charge in [0.15, 0.2) is 0 Å². The summed E-state index contributed by atoms with van der Waals surface area (Å²) in [4.78, 5) is 16.5. The number of pyridine rings is 1. The summed E-state index contributed by atoms with van der Waals surface area (Å²) >= 11 is 0. The smallest absolute Gasteiger partial charge is 0.261 e. The number of benzene rings is 2. The maximum absolute atomic E-state index is 13.4. The number of sulfonamides is 1. The molecule has 2 N–H and O–H groups in total.